The fourth-order valence-electron chi connectivity index (χ4n) is 2.06. The molecule has 1 aliphatic carbocycles. The number of ether oxygens (including phenoxy) is 1. The number of methoxy groups -OCH3 is 1. The van der Waals surface area contributed by atoms with Gasteiger partial charge in [0.25, 0.3) is 0 Å². The van der Waals surface area contributed by atoms with E-state index in [1.54, 1.807) is 19.2 Å². The quantitative estimate of drug-likeness (QED) is 0.531. The zero-order valence-electron chi connectivity index (χ0n) is 10.8. The third kappa shape index (κ3) is 3.06. The first-order valence-electron chi connectivity index (χ1n) is 6.13. The standard InChI is InChI=1S/C12H19N3O3S/c1-18-12(7-2-8-12)9-14-19(16,17)11-5-3-10(15-13)4-6-11/h3-6,14-15H,2,7-9,13H2,1H3. The van der Waals surface area contributed by atoms with Gasteiger partial charge in [-0.2, -0.15) is 0 Å². The molecule has 0 aliphatic heterocycles. The maximum absolute atomic E-state index is 12.1. The first-order chi connectivity index (χ1) is 9.01. The summed E-state index contributed by atoms with van der Waals surface area (Å²) >= 11 is 0. The van der Waals surface area contributed by atoms with Gasteiger partial charge in [0.05, 0.1) is 10.5 Å². The van der Waals surface area contributed by atoms with Crippen molar-refractivity contribution in [2.24, 2.45) is 5.84 Å². The molecule has 6 nitrogen and oxygen atoms in total. The molecule has 0 bridgehead atoms. The topological polar surface area (TPSA) is 93.4 Å². The maximum atomic E-state index is 12.1. The number of nitrogen functional groups attached to an aromatic ring is 1. The predicted octanol–water partition coefficient (Wildman–Crippen LogP) is 0.820. The predicted molar refractivity (Wildman–Crippen MR) is 73.0 cm³/mol. The molecule has 7 heteroatoms. The zero-order chi connectivity index (χ0) is 13.9. The monoisotopic (exact) mass is 285 g/mol. The second-order valence-corrected chi connectivity index (χ2v) is 6.50. The summed E-state index contributed by atoms with van der Waals surface area (Å²) in [6.07, 6.45) is 2.86. The minimum atomic E-state index is -3.50. The molecule has 0 aromatic heterocycles. The average Bonchev–Trinajstić information content (AvgIpc) is 2.38. The van der Waals surface area contributed by atoms with Crippen molar-refractivity contribution in [1.29, 1.82) is 0 Å². The summed E-state index contributed by atoms with van der Waals surface area (Å²) in [7, 11) is -1.88. The number of benzene rings is 1. The lowest BCUT2D eigenvalue weighted by molar-refractivity contribution is -0.0659. The van der Waals surface area contributed by atoms with Crippen LogP contribution < -0.4 is 16.0 Å². The van der Waals surface area contributed by atoms with Crippen LogP contribution in [-0.4, -0.2) is 27.7 Å². The van der Waals surface area contributed by atoms with Crippen LogP contribution >= 0.6 is 0 Å². The van der Waals surface area contributed by atoms with Gasteiger partial charge in [-0.25, -0.2) is 13.1 Å². The summed E-state index contributed by atoms with van der Waals surface area (Å²) < 4.78 is 32.2. The van der Waals surface area contributed by atoms with Gasteiger partial charge in [0.2, 0.25) is 10.0 Å². The summed E-state index contributed by atoms with van der Waals surface area (Å²) in [5.41, 5.74) is 2.79. The van der Waals surface area contributed by atoms with Gasteiger partial charge in [0.15, 0.2) is 0 Å². The van der Waals surface area contributed by atoms with E-state index < -0.39 is 10.0 Å². The highest BCUT2D eigenvalue weighted by Gasteiger charge is 2.37. The molecule has 0 saturated heterocycles. The second-order valence-electron chi connectivity index (χ2n) is 4.73. The number of sulfonamides is 1. The molecule has 0 amide bonds. The minimum absolute atomic E-state index is 0.220. The molecule has 106 valence electrons. The highest BCUT2D eigenvalue weighted by atomic mass is 32.2. The maximum Gasteiger partial charge on any atom is 0.240 e. The molecular formula is C12H19N3O3S. The molecule has 0 unspecified atom stereocenters. The number of hydrazine groups is 1. The number of rotatable bonds is 6. The van der Waals surface area contributed by atoms with E-state index in [9.17, 15) is 8.42 Å². The van der Waals surface area contributed by atoms with E-state index in [4.69, 9.17) is 10.6 Å². The van der Waals surface area contributed by atoms with Crippen LogP contribution in [0.4, 0.5) is 5.69 Å². The fourth-order valence-corrected chi connectivity index (χ4v) is 3.18. The Morgan fingerprint density at radius 1 is 1.32 bits per heavy atom. The van der Waals surface area contributed by atoms with Gasteiger partial charge in [0.1, 0.15) is 0 Å². The van der Waals surface area contributed by atoms with Crippen molar-refractivity contribution in [3.63, 3.8) is 0 Å². The Bertz CT molecular complexity index is 518. The molecule has 1 aromatic carbocycles. The molecule has 1 aliphatic rings. The van der Waals surface area contributed by atoms with Gasteiger partial charge in [-0.1, -0.05) is 0 Å². The van der Waals surface area contributed by atoms with Crippen LogP contribution in [0.25, 0.3) is 0 Å². The molecule has 1 saturated carbocycles. The van der Waals surface area contributed by atoms with Crippen LogP contribution in [0, 0.1) is 0 Å². The van der Waals surface area contributed by atoms with Crippen molar-refractivity contribution in [2.45, 2.75) is 29.8 Å². The van der Waals surface area contributed by atoms with Crippen LogP contribution in [0.15, 0.2) is 29.2 Å². The second kappa shape index (κ2) is 5.46. The van der Waals surface area contributed by atoms with Gasteiger partial charge in [0, 0.05) is 19.3 Å². The molecule has 0 heterocycles. The number of hydrogen-bond acceptors (Lipinski definition) is 5. The van der Waals surface area contributed by atoms with Crippen molar-refractivity contribution >= 4 is 15.7 Å². The van der Waals surface area contributed by atoms with E-state index in [0.717, 1.165) is 19.3 Å². The van der Waals surface area contributed by atoms with Gasteiger partial charge < -0.3 is 10.2 Å². The van der Waals surface area contributed by atoms with E-state index in [1.807, 2.05) is 0 Å². The van der Waals surface area contributed by atoms with E-state index in [2.05, 4.69) is 10.1 Å². The van der Waals surface area contributed by atoms with Crippen molar-refractivity contribution < 1.29 is 13.2 Å². The molecule has 19 heavy (non-hydrogen) atoms. The smallest absolute Gasteiger partial charge is 0.240 e. The highest BCUT2D eigenvalue weighted by Crippen LogP contribution is 2.34. The Labute approximate surface area is 113 Å². The van der Waals surface area contributed by atoms with E-state index in [-0.39, 0.29) is 10.5 Å². The average molecular weight is 285 g/mol. The summed E-state index contributed by atoms with van der Waals surface area (Å²) in [5.74, 6) is 5.24. The summed E-state index contributed by atoms with van der Waals surface area (Å²) in [6, 6.07) is 6.25. The Balaban J connectivity index is 2.05. The minimum Gasteiger partial charge on any atom is -0.377 e. The number of hydrogen-bond donors (Lipinski definition) is 3. The Hall–Kier alpha value is -1.15. The van der Waals surface area contributed by atoms with Crippen molar-refractivity contribution in [3.05, 3.63) is 24.3 Å². The Kier molecular flexibility index (Phi) is 4.10. The van der Waals surface area contributed by atoms with Gasteiger partial charge in [-0.15, -0.1) is 0 Å². The number of anilines is 1. The van der Waals surface area contributed by atoms with Crippen LogP contribution in [-0.2, 0) is 14.8 Å². The highest BCUT2D eigenvalue weighted by molar-refractivity contribution is 7.89. The van der Waals surface area contributed by atoms with Crippen LogP contribution in [0.3, 0.4) is 0 Å². The Morgan fingerprint density at radius 3 is 2.37 bits per heavy atom. The molecule has 0 radical (unpaired) electrons. The number of nitrogens with two attached hydrogens (primary N) is 1. The molecule has 4 N–H and O–H groups in total. The Morgan fingerprint density at radius 2 is 1.95 bits per heavy atom. The third-order valence-corrected chi connectivity index (χ3v) is 5.03. The van der Waals surface area contributed by atoms with Gasteiger partial charge in [-0.05, 0) is 43.5 Å². The largest absolute Gasteiger partial charge is 0.377 e. The van der Waals surface area contributed by atoms with E-state index in [1.165, 1.54) is 12.1 Å². The lowest BCUT2D eigenvalue weighted by Gasteiger charge is -2.40. The zero-order valence-corrected chi connectivity index (χ0v) is 11.7. The molecule has 2 rings (SSSR count). The fraction of sp³-hybridized carbons (Fsp3) is 0.500. The third-order valence-electron chi connectivity index (χ3n) is 3.61. The van der Waals surface area contributed by atoms with Crippen LogP contribution in [0.5, 0.6) is 0 Å². The van der Waals surface area contributed by atoms with Gasteiger partial charge >= 0.3 is 0 Å². The number of nitrogens with one attached hydrogen (secondary N) is 2. The molecule has 1 aromatic rings. The van der Waals surface area contributed by atoms with Crippen molar-refractivity contribution in [3.8, 4) is 0 Å². The van der Waals surface area contributed by atoms with E-state index in [0.29, 0.717) is 12.2 Å². The molecular weight excluding hydrogens is 266 g/mol. The molecule has 1 fully saturated rings. The SMILES string of the molecule is COC1(CNS(=O)(=O)c2ccc(NN)cc2)CCC1. The van der Waals surface area contributed by atoms with Crippen LogP contribution in [0.1, 0.15) is 19.3 Å². The molecule has 0 atom stereocenters. The lowest BCUT2D eigenvalue weighted by Crippen LogP contribution is -2.49. The normalized spacial score (nSPS) is 17.8. The first kappa shape index (κ1) is 14.3. The lowest BCUT2D eigenvalue weighted by atomic mass is 9.80. The summed E-state index contributed by atoms with van der Waals surface area (Å²) in [6.45, 7) is 0.308. The molecule has 0 spiro atoms. The van der Waals surface area contributed by atoms with Crippen molar-refractivity contribution in [2.75, 3.05) is 19.1 Å². The van der Waals surface area contributed by atoms with Crippen LogP contribution in [0.2, 0.25) is 0 Å². The van der Waals surface area contributed by atoms with Crippen molar-refractivity contribution in [1.82, 2.24) is 4.72 Å². The van der Waals surface area contributed by atoms with Gasteiger partial charge in [-0.3, -0.25) is 5.84 Å². The summed E-state index contributed by atoms with van der Waals surface area (Å²) in [5, 5.41) is 0. The summed E-state index contributed by atoms with van der Waals surface area (Å²) in [4.78, 5) is 0.220. The van der Waals surface area contributed by atoms with E-state index >= 15 is 0 Å². The first-order valence-corrected chi connectivity index (χ1v) is 7.61.